The second-order valence-corrected chi connectivity index (χ2v) is 6.10. The van der Waals surface area contributed by atoms with Crippen LogP contribution in [0.3, 0.4) is 0 Å². The Morgan fingerprint density at radius 3 is 2.78 bits per heavy atom. The first-order valence-electron chi connectivity index (χ1n) is 7.66. The fourth-order valence-electron chi connectivity index (χ4n) is 2.59. The van der Waals surface area contributed by atoms with E-state index in [1.807, 2.05) is 26.8 Å². The third-order valence-corrected chi connectivity index (χ3v) is 3.98. The van der Waals surface area contributed by atoms with E-state index >= 15 is 0 Å². The predicted molar refractivity (Wildman–Crippen MR) is 88.0 cm³/mol. The molecule has 8 heteroatoms. The number of nitrogens with zero attached hydrogens (tertiary/aromatic N) is 2. The van der Waals surface area contributed by atoms with E-state index in [2.05, 4.69) is 10.5 Å². The summed E-state index contributed by atoms with van der Waals surface area (Å²) in [5.41, 5.74) is 6.56. The number of halogens is 1. The van der Waals surface area contributed by atoms with Crippen molar-refractivity contribution in [2.45, 2.75) is 45.7 Å². The second-order valence-electron chi connectivity index (χ2n) is 6.10. The average molecular weight is 345 g/mol. The van der Waals surface area contributed by atoms with Crippen LogP contribution in [0.5, 0.6) is 0 Å². The molecule has 2 rings (SSSR count). The molecule has 7 nitrogen and oxygen atoms in total. The number of nitrogens with two attached hydrogens (primary N) is 1. The summed E-state index contributed by atoms with van der Waals surface area (Å²) in [7, 11) is 0. The first kappa shape index (κ1) is 19.4. The van der Waals surface area contributed by atoms with E-state index in [9.17, 15) is 9.59 Å². The first-order chi connectivity index (χ1) is 10.4. The lowest BCUT2D eigenvalue weighted by Gasteiger charge is -2.23. The van der Waals surface area contributed by atoms with Crippen LogP contribution in [0.15, 0.2) is 10.6 Å². The lowest BCUT2D eigenvalue weighted by Crippen LogP contribution is -2.47. The number of aromatic nitrogens is 1. The molecule has 0 spiro atoms. The molecule has 0 aromatic carbocycles. The van der Waals surface area contributed by atoms with Crippen molar-refractivity contribution in [3.63, 3.8) is 0 Å². The molecule has 0 aliphatic carbocycles. The van der Waals surface area contributed by atoms with E-state index in [-0.39, 0.29) is 42.7 Å². The monoisotopic (exact) mass is 344 g/mol. The van der Waals surface area contributed by atoms with Crippen molar-refractivity contribution < 1.29 is 14.1 Å². The van der Waals surface area contributed by atoms with Gasteiger partial charge < -0.3 is 20.5 Å². The van der Waals surface area contributed by atoms with E-state index < -0.39 is 6.04 Å². The number of hydrogen-bond acceptors (Lipinski definition) is 5. The molecular formula is C15H25ClN4O3. The second kappa shape index (κ2) is 8.31. The highest BCUT2D eigenvalue weighted by Crippen LogP contribution is 2.32. The van der Waals surface area contributed by atoms with Crippen LogP contribution >= 0.6 is 12.4 Å². The molecule has 0 radical (unpaired) electrons. The van der Waals surface area contributed by atoms with Gasteiger partial charge in [0.15, 0.2) is 5.76 Å². The van der Waals surface area contributed by atoms with Crippen LogP contribution in [0, 0.1) is 12.8 Å². The molecule has 3 N–H and O–H groups in total. The van der Waals surface area contributed by atoms with Gasteiger partial charge >= 0.3 is 0 Å². The summed E-state index contributed by atoms with van der Waals surface area (Å²) >= 11 is 0. The summed E-state index contributed by atoms with van der Waals surface area (Å²) in [4.78, 5) is 25.9. The lowest BCUT2D eigenvalue weighted by atomic mass is 10.1. The van der Waals surface area contributed by atoms with Crippen molar-refractivity contribution in [3.8, 4) is 0 Å². The maximum atomic E-state index is 12.3. The number of aryl methyl sites for hydroxylation is 1. The fraction of sp³-hybridized carbons (Fsp3) is 0.667. The summed E-state index contributed by atoms with van der Waals surface area (Å²) in [6, 6.07) is 1.16. The van der Waals surface area contributed by atoms with Crippen molar-refractivity contribution in [2.75, 3.05) is 13.1 Å². The van der Waals surface area contributed by atoms with Crippen molar-refractivity contribution in [1.82, 2.24) is 15.4 Å². The Morgan fingerprint density at radius 1 is 1.52 bits per heavy atom. The number of carbonyl (C=O) groups is 2. The minimum Gasteiger partial charge on any atom is -0.359 e. The number of amides is 2. The summed E-state index contributed by atoms with van der Waals surface area (Å²) in [5, 5.41) is 6.49. The molecule has 1 aromatic heterocycles. The van der Waals surface area contributed by atoms with Crippen molar-refractivity contribution in [2.24, 2.45) is 11.7 Å². The predicted octanol–water partition coefficient (Wildman–Crippen LogP) is 1.17. The van der Waals surface area contributed by atoms with Gasteiger partial charge in [0.05, 0.1) is 24.3 Å². The normalized spacial score (nSPS) is 18.7. The zero-order valence-corrected chi connectivity index (χ0v) is 14.6. The van der Waals surface area contributed by atoms with Gasteiger partial charge in [-0.3, -0.25) is 9.59 Å². The van der Waals surface area contributed by atoms with Crippen LogP contribution in [-0.2, 0) is 9.59 Å². The molecule has 0 saturated carbocycles. The van der Waals surface area contributed by atoms with Gasteiger partial charge in [-0.15, -0.1) is 12.4 Å². The molecule has 2 heterocycles. The minimum atomic E-state index is -0.598. The molecule has 1 aliphatic rings. The molecule has 23 heavy (non-hydrogen) atoms. The average Bonchev–Trinajstić information content (AvgIpc) is 3.11. The SMILES string of the molecule is Cc1cc(C2CCCN2C(=O)CNC(=O)[C@@H](N)C(C)C)on1.Cl. The van der Waals surface area contributed by atoms with Gasteiger partial charge in [0.25, 0.3) is 0 Å². The highest BCUT2D eigenvalue weighted by atomic mass is 35.5. The Hall–Kier alpha value is -1.60. The summed E-state index contributed by atoms with van der Waals surface area (Å²) in [6.07, 6.45) is 1.76. The Morgan fingerprint density at radius 2 is 2.22 bits per heavy atom. The molecule has 2 atom stereocenters. The van der Waals surface area contributed by atoms with Gasteiger partial charge in [0, 0.05) is 12.6 Å². The smallest absolute Gasteiger partial charge is 0.242 e. The van der Waals surface area contributed by atoms with Crippen LogP contribution < -0.4 is 11.1 Å². The van der Waals surface area contributed by atoms with Gasteiger partial charge in [0.2, 0.25) is 11.8 Å². The summed E-state index contributed by atoms with van der Waals surface area (Å²) in [5.74, 6) is 0.316. The highest BCUT2D eigenvalue weighted by molar-refractivity contribution is 5.87. The molecule has 1 aliphatic heterocycles. The fourth-order valence-corrected chi connectivity index (χ4v) is 2.59. The van der Waals surface area contributed by atoms with Gasteiger partial charge in [-0.05, 0) is 25.7 Å². The maximum Gasteiger partial charge on any atom is 0.242 e. The molecule has 2 amide bonds. The Balaban J connectivity index is 0.00000264. The summed E-state index contributed by atoms with van der Waals surface area (Å²) < 4.78 is 5.27. The van der Waals surface area contributed by atoms with Gasteiger partial charge in [-0.1, -0.05) is 19.0 Å². The molecule has 0 bridgehead atoms. The summed E-state index contributed by atoms with van der Waals surface area (Å²) in [6.45, 7) is 6.21. The standard InChI is InChI=1S/C15H24N4O3.ClH/c1-9(2)14(16)15(21)17-8-13(20)19-6-4-5-11(19)12-7-10(3)18-22-12;/h7,9,11,14H,4-6,8,16H2,1-3H3,(H,17,21);1H/t11?,14-;/m0./s1. The number of nitrogens with one attached hydrogen (secondary N) is 1. The largest absolute Gasteiger partial charge is 0.359 e. The van der Waals surface area contributed by atoms with Gasteiger partial charge in [-0.25, -0.2) is 0 Å². The molecule has 130 valence electrons. The van der Waals surface area contributed by atoms with E-state index in [0.29, 0.717) is 12.3 Å². The third kappa shape index (κ3) is 4.68. The van der Waals surface area contributed by atoms with Crippen molar-refractivity contribution >= 4 is 24.2 Å². The Labute approximate surface area is 142 Å². The molecule has 1 unspecified atom stereocenters. The minimum absolute atomic E-state index is 0. The molecular weight excluding hydrogens is 320 g/mol. The Kier molecular flexibility index (Phi) is 7.02. The van der Waals surface area contributed by atoms with Crippen LogP contribution in [0.4, 0.5) is 0 Å². The molecule has 1 aromatic rings. The molecule has 1 fully saturated rings. The van der Waals surface area contributed by atoms with E-state index in [1.54, 1.807) is 4.90 Å². The quantitative estimate of drug-likeness (QED) is 0.834. The van der Waals surface area contributed by atoms with Crippen molar-refractivity contribution in [3.05, 3.63) is 17.5 Å². The van der Waals surface area contributed by atoms with Crippen LogP contribution in [-0.4, -0.2) is 41.0 Å². The number of carbonyl (C=O) groups excluding carboxylic acids is 2. The number of rotatable bonds is 5. The third-order valence-electron chi connectivity index (χ3n) is 3.98. The van der Waals surface area contributed by atoms with Crippen LogP contribution in [0.25, 0.3) is 0 Å². The van der Waals surface area contributed by atoms with Crippen molar-refractivity contribution in [1.29, 1.82) is 0 Å². The van der Waals surface area contributed by atoms with Gasteiger partial charge in [0.1, 0.15) is 0 Å². The highest BCUT2D eigenvalue weighted by Gasteiger charge is 2.32. The zero-order valence-electron chi connectivity index (χ0n) is 13.7. The topological polar surface area (TPSA) is 101 Å². The van der Waals surface area contributed by atoms with E-state index in [1.165, 1.54) is 0 Å². The lowest BCUT2D eigenvalue weighted by molar-refractivity contribution is -0.134. The zero-order chi connectivity index (χ0) is 16.3. The van der Waals surface area contributed by atoms with E-state index in [0.717, 1.165) is 18.5 Å². The van der Waals surface area contributed by atoms with Gasteiger partial charge in [-0.2, -0.15) is 0 Å². The number of likely N-dealkylation sites (tertiary alicyclic amines) is 1. The first-order valence-corrected chi connectivity index (χ1v) is 7.66. The van der Waals surface area contributed by atoms with Crippen LogP contribution in [0.2, 0.25) is 0 Å². The molecule has 1 saturated heterocycles. The maximum absolute atomic E-state index is 12.3. The van der Waals surface area contributed by atoms with E-state index in [4.69, 9.17) is 10.3 Å². The number of hydrogen-bond donors (Lipinski definition) is 2. The van der Waals surface area contributed by atoms with Crippen LogP contribution in [0.1, 0.15) is 44.2 Å². The Bertz CT molecular complexity index is 547.